The highest BCUT2D eigenvalue weighted by Gasteiger charge is 1.62. The van der Waals surface area contributed by atoms with Gasteiger partial charge in [-0.15, -0.1) is 11.6 Å². The zero-order chi connectivity index (χ0) is 7.66. The van der Waals surface area contributed by atoms with Gasteiger partial charge in [-0.3, -0.25) is 0 Å². The Balaban J connectivity index is 3.46. The van der Waals surface area contributed by atoms with Crippen molar-refractivity contribution in [1.29, 1.82) is 0 Å². The van der Waals surface area contributed by atoms with Crippen LogP contribution in [0.2, 0.25) is 0 Å². The summed E-state index contributed by atoms with van der Waals surface area (Å²) >= 11 is 5.39. The SMILES string of the molecule is C=C/C=C/C=C/C=C/CCl. The molecule has 0 amide bonds. The predicted molar refractivity (Wildman–Crippen MR) is 48.3 cm³/mol. The summed E-state index contributed by atoms with van der Waals surface area (Å²) in [6.07, 6.45) is 13.1. The molecule has 0 bridgehead atoms. The van der Waals surface area contributed by atoms with Gasteiger partial charge in [-0.05, 0) is 0 Å². The van der Waals surface area contributed by atoms with Gasteiger partial charge in [0.15, 0.2) is 0 Å². The highest BCUT2D eigenvalue weighted by atomic mass is 35.5. The Morgan fingerprint density at radius 1 is 1.00 bits per heavy atom. The molecule has 0 radical (unpaired) electrons. The van der Waals surface area contributed by atoms with Gasteiger partial charge in [0.2, 0.25) is 0 Å². The quantitative estimate of drug-likeness (QED) is 0.431. The van der Waals surface area contributed by atoms with Crippen molar-refractivity contribution in [3.63, 3.8) is 0 Å². The first-order chi connectivity index (χ1) is 4.91. The molecule has 0 fully saturated rings. The molecule has 0 saturated carbocycles. The Hall–Kier alpha value is -0.750. The lowest BCUT2D eigenvalue weighted by atomic mass is 10.4. The van der Waals surface area contributed by atoms with Crippen molar-refractivity contribution in [3.05, 3.63) is 49.1 Å². The molecule has 0 aliphatic rings. The zero-order valence-electron chi connectivity index (χ0n) is 5.83. The lowest BCUT2D eigenvalue weighted by Gasteiger charge is -1.72. The van der Waals surface area contributed by atoms with Crippen LogP contribution in [-0.2, 0) is 0 Å². The Kier molecular flexibility index (Phi) is 7.63. The molecular formula is C9H11Cl. The van der Waals surface area contributed by atoms with Gasteiger partial charge in [-0.1, -0.05) is 49.1 Å². The molecule has 0 aromatic carbocycles. The van der Waals surface area contributed by atoms with E-state index in [2.05, 4.69) is 6.58 Å². The van der Waals surface area contributed by atoms with E-state index in [0.717, 1.165) is 0 Å². The van der Waals surface area contributed by atoms with Crippen LogP contribution in [0.5, 0.6) is 0 Å². The molecular weight excluding hydrogens is 144 g/mol. The Labute approximate surface area is 67.2 Å². The van der Waals surface area contributed by atoms with Crippen LogP contribution >= 0.6 is 11.6 Å². The first-order valence-corrected chi connectivity index (χ1v) is 3.62. The fourth-order valence-corrected chi connectivity index (χ4v) is 0.504. The van der Waals surface area contributed by atoms with Crippen LogP contribution < -0.4 is 0 Å². The smallest absolute Gasteiger partial charge is 0.0407 e. The van der Waals surface area contributed by atoms with Crippen LogP contribution in [-0.4, -0.2) is 5.88 Å². The lowest BCUT2D eigenvalue weighted by Crippen LogP contribution is -1.55. The second-order valence-corrected chi connectivity index (χ2v) is 1.90. The normalized spacial score (nSPS) is 12.1. The van der Waals surface area contributed by atoms with E-state index in [1.54, 1.807) is 6.08 Å². The van der Waals surface area contributed by atoms with Gasteiger partial charge in [-0.2, -0.15) is 0 Å². The lowest BCUT2D eigenvalue weighted by molar-refractivity contribution is 1.73. The fraction of sp³-hybridized carbons (Fsp3) is 0.111. The average Bonchev–Trinajstić information content (AvgIpc) is 1.97. The van der Waals surface area contributed by atoms with E-state index in [9.17, 15) is 0 Å². The molecule has 0 rings (SSSR count). The van der Waals surface area contributed by atoms with Gasteiger partial charge in [0, 0.05) is 5.88 Å². The zero-order valence-corrected chi connectivity index (χ0v) is 6.59. The number of halogens is 1. The largest absolute Gasteiger partial charge is 0.122 e. The first-order valence-electron chi connectivity index (χ1n) is 3.08. The van der Waals surface area contributed by atoms with Crippen molar-refractivity contribution in [3.8, 4) is 0 Å². The van der Waals surface area contributed by atoms with Crippen molar-refractivity contribution in [2.45, 2.75) is 0 Å². The van der Waals surface area contributed by atoms with E-state index in [1.807, 2.05) is 36.5 Å². The van der Waals surface area contributed by atoms with Crippen molar-refractivity contribution < 1.29 is 0 Å². The molecule has 0 unspecified atom stereocenters. The number of hydrogen-bond acceptors (Lipinski definition) is 0. The molecule has 0 aromatic rings. The molecule has 0 atom stereocenters. The molecule has 0 aliphatic heterocycles. The summed E-state index contributed by atoms with van der Waals surface area (Å²) in [4.78, 5) is 0. The van der Waals surface area contributed by atoms with E-state index in [0.29, 0.717) is 5.88 Å². The molecule has 10 heavy (non-hydrogen) atoms. The van der Waals surface area contributed by atoms with Crippen LogP contribution in [0.3, 0.4) is 0 Å². The van der Waals surface area contributed by atoms with Crippen molar-refractivity contribution >= 4 is 11.6 Å². The fourth-order valence-electron chi connectivity index (χ4n) is 0.401. The van der Waals surface area contributed by atoms with Crippen LogP contribution in [0, 0.1) is 0 Å². The third kappa shape index (κ3) is 7.25. The minimum absolute atomic E-state index is 0.565. The van der Waals surface area contributed by atoms with Gasteiger partial charge in [-0.25, -0.2) is 0 Å². The third-order valence-corrected chi connectivity index (χ3v) is 0.984. The maximum absolute atomic E-state index is 5.39. The Bertz CT molecular complexity index is 152. The van der Waals surface area contributed by atoms with Crippen molar-refractivity contribution in [2.24, 2.45) is 0 Å². The van der Waals surface area contributed by atoms with Crippen LogP contribution in [0.4, 0.5) is 0 Å². The second-order valence-electron chi connectivity index (χ2n) is 1.59. The first kappa shape index (κ1) is 9.25. The second kappa shape index (κ2) is 8.25. The summed E-state index contributed by atoms with van der Waals surface area (Å²) < 4.78 is 0. The van der Waals surface area contributed by atoms with Gasteiger partial charge in [0.05, 0.1) is 0 Å². The molecule has 0 saturated heterocycles. The highest BCUT2D eigenvalue weighted by Crippen LogP contribution is 1.82. The summed E-state index contributed by atoms with van der Waals surface area (Å²) in [6, 6.07) is 0. The predicted octanol–water partition coefficient (Wildman–Crippen LogP) is 3.08. The van der Waals surface area contributed by atoms with Gasteiger partial charge in [0.1, 0.15) is 0 Å². The van der Waals surface area contributed by atoms with E-state index >= 15 is 0 Å². The standard InChI is InChI=1S/C9H11Cl/c1-2-3-4-5-6-7-8-9-10/h2-8H,1,9H2/b4-3+,6-5+,8-7+. The molecule has 0 aromatic heterocycles. The maximum atomic E-state index is 5.39. The monoisotopic (exact) mass is 154 g/mol. The van der Waals surface area contributed by atoms with E-state index in [1.165, 1.54) is 0 Å². The Morgan fingerprint density at radius 2 is 1.60 bits per heavy atom. The van der Waals surface area contributed by atoms with Crippen LogP contribution in [0.15, 0.2) is 49.1 Å². The van der Waals surface area contributed by atoms with Crippen molar-refractivity contribution in [2.75, 3.05) is 5.88 Å². The summed E-state index contributed by atoms with van der Waals surface area (Å²) in [6.45, 7) is 3.53. The molecule has 54 valence electrons. The summed E-state index contributed by atoms with van der Waals surface area (Å²) in [7, 11) is 0. The average molecular weight is 155 g/mol. The third-order valence-electron chi connectivity index (χ3n) is 0.806. The molecule has 1 heteroatoms. The maximum Gasteiger partial charge on any atom is 0.0407 e. The van der Waals surface area contributed by atoms with E-state index < -0.39 is 0 Å². The van der Waals surface area contributed by atoms with Crippen LogP contribution in [0.25, 0.3) is 0 Å². The summed E-state index contributed by atoms with van der Waals surface area (Å²) in [5.41, 5.74) is 0. The minimum Gasteiger partial charge on any atom is -0.122 e. The Morgan fingerprint density at radius 3 is 2.20 bits per heavy atom. The van der Waals surface area contributed by atoms with E-state index in [-0.39, 0.29) is 0 Å². The summed E-state index contributed by atoms with van der Waals surface area (Å²) in [5, 5.41) is 0. The highest BCUT2D eigenvalue weighted by molar-refractivity contribution is 6.18. The molecule has 0 spiro atoms. The molecule has 0 aliphatic carbocycles. The van der Waals surface area contributed by atoms with Gasteiger partial charge >= 0.3 is 0 Å². The number of hydrogen-bond donors (Lipinski definition) is 0. The minimum atomic E-state index is 0.565. The molecule has 0 N–H and O–H groups in total. The van der Waals surface area contributed by atoms with Gasteiger partial charge < -0.3 is 0 Å². The number of alkyl halides is 1. The number of rotatable bonds is 4. The van der Waals surface area contributed by atoms with E-state index in [4.69, 9.17) is 11.6 Å². The molecule has 0 heterocycles. The topological polar surface area (TPSA) is 0 Å². The van der Waals surface area contributed by atoms with Gasteiger partial charge in [0.25, 0.3) is 0 Å². The molecule has 0 nitrogen and oxygen atoms in total. The van der Waals surface area contributed by atoms with Crippen molar-refractivity contribution in [1.82, 2.24) is 0 Å². The van der Waals surface area contributed by atoms with Crippen LogP contribution in [0.1, 0.15) is 0 Å². The summed E-state index contributed by atoms with van der Waals surface area (Å²) in [5.74, 6) is 0.565. The number of allylic oxidation sites excluding steroid dienone is 7.